The molecule has 0 aliphatic carbocycles. The Labute approximate surface area is 105 Å². The fourth-order valence-corrected chi connectivity index (χ4v) is 2.15. The van der Waals surface area contributed by atoms with Crippen molar-refractivity contribution in [1.82, 2.24) is 0 Å². The molecular weight excluding hydrogens is 236 g/mol. The molecule has 6 heteroatoms. The van der Waals surface area contributed by atoms with E-state index in [1.807, 2.05) is 0 Å². The fourth-order valence-electron chi connectivity index (χ4n) is 2.15. The van der Waals surface area contributed by atoms with Gasteiger partial charge in [-0.05, 0) is 19.9 Å². The summed E-state index contributed by atoms with van der Waals surface area (Å²) >= 11 is 0. The van der Waals surface area contributed by atoms with Crippen LogP contribution in [0.4, 0.5) is 11.4 Å². The molecule has 0 atom stereocenters. The Morgan fingerprint density at radius 3 is 1.50 bits per heavy atom. The van der Waals surface area contributed by atoms with Crippen LogP contribution in [0.3, 0.4) is 0 Å². The molecule has 0 N–H and O–H groups in total. The Morgan fingerprint density at radius 1 is 0.944 bits per heavy atom. The van der Waals surface area contributed by atoms with Gasteiger partial charge >= 0.3 is 0 Å². The molecule has 0 radical (unpaired) electrons. The van der Waals surface area contributed by atoms with Gasteiger partial charge in [0.25, 0.3) is 11.4 Å². The summed E-state index contributed by atoms with van der Waals surface area (Å²) in [4.78, 5) is 21.2. The lowest BCUT2D eigenvalue weighted by Gasteiger charge is -2.20. The van der Waals surface area contributed by atoms with E-state index in [9.17, 15) is 20.2 Å². The Hall–Kier alpha value is -1.98. The lowest BCUT2D eigenvalue weighted by molar-refractivity contribution is -0.396. The maximum Gasteiger partial charge on any atom is 0.282 e. The predicted molar refractivity (Wildman–Crippen MR) is 67.9 cm³/mol. The molecule has 0 aromatic heterocycles. The highest BCUT2D eigenvalue weighted by Gasteiger charge is 2.36. The summed E-state index contributed by atoms with van der Waals surface area (Å²) in [5.41, 5.74) is 0.123. The first kappa shape index (κ1) is 14.1. The van der Waals surface area contributed by atoms with Crippen LogP contribution in [0, 0.1) is 34.1 Å². The molecule has 0 bridgehead atoms. The van der Waals surface area contributed by atoms with Gasteiger partial charge in [-0.2, -0.15) is 0 Å². The van der Waals surface area contributed by atoms with Gasteiger partial charge < -0.3 is 0 Å². The smallest absolute Gasteiger partial charge is 0.258 e. The molecule has 98 valence electrons. The summed E-state index contributed by atoms with van der Waals surface area (Å²) in [5, 5.41) is 22.3. The molecule has 1 aromatic carbocycles. The van der Waals surface area contributed by atoms with E-state index in [-0.39, 0.29) is 16.9 Å². The number of aryl methyl sites for hydroxylation is 2. The zero-order valence-corrected chi connectivity index (χ0v) is 11.1. The summed E-state index contributed by atoms with van der Waals surface area (Å²) in [5.74, 6) is 0. The first-order chi connectivity index (χ1) is 8.07. The Balaban J connectivity index is 3.89. The van der Waals surface area contributed by atoms with Crippen molar-refractivity contribution in [2.24, 2.45) is 0 Å². The van der Waals surface area contributed by atoms with E-state index in [4.69, 9.17) is 0 Å². The zero-order chi connectivity index (χ0) is 14.2. The molecule has 0 unspecified atom stereocenters. The van der Waals surface area contributed by atoms with Crippen LogP contribution in [0.25, 0.3) is 0 Å². The second-order valence-electron chi connectivity index (χ2n) is 5.35. The molecule has 0 saturated heterocycles. The van der Waals surface area contributed by atoms with Crippen molar-refractivity contribution in [2.45, 2.75) is 40.0 Å². The van der Waals surface area contributed by atoms with Crippen molar-refractivity contribution in [3.63, 3.8) is 0 Å². The molecule has 0 aliphatic heterocycles. The monoisotopic (exact) mass is 252 g/mol. The highest BCUT2D eigenvalue weighted by molar-refractivity contribution is 5.64. The van der Waals surface area contributed by atoms with Gasteiger partial charge in [0.1, 0.15) is 5.56 Å². The third-order valence-electron chi connectivity index (χ3n) is 2.77. The molecule has 0 aliphatic rings. The molecule has 0 spiro atoms. The minimum absolute atomic E-state index is 0.153. The summed E-state index contributed by atoms with van der Waals surface area (Å²) in [6.07, 6.45) is 0. The van der Waals surface area contributed by atoms with E-state index in [0.29, 0.717) is 11.1 Å². The summed E-state index contributed by atoms with van der Waals surface area (Å²) in [6, 6.07) is 1.49. The van der Waals surface area contributed by atoms with Crippen molar-refractivity contribution in [3.05, 3.63) is 43.0 Å². The SMILES string of the molecule is Cc1cc(C)c([N+](=O)[O-])c(C(C)(C)C)c1[N+](=O)[O-]. The van der Waals surface area contributed by atoms with Gasteiger partial charge in [0.15, 0.2) is 0 Å². The second kappa shape index (κ2) is 4.36. The van der Waals surface area contributed by atoms with Crippen LogP contribution in [0.2, 0.25) is 0 Å². The van der Waals surface area contributed by atoms with Crippen LogP contribution in [-0.2, 0) is 5.41 Å². The summed E-state index contributed by atoms with van der Waals surface area (Å²) < 4.78 is 0. The van der Waals surface area contributed by atoms with Crippen molar-refractivity contribution in [3.8, 4) is 0 Å². The highest BCUT2D eigenvalue weighted by atomic mass is 16.6. The maximum atomic E-state index is 11.2. The molecular formula is C12H16N2O4. The van der Waals surface area contributed by atoms with Gasteiger partial charge in [0.2, 0.25) is 0 Å². The maximum absolute atomic E-state index is 11.2. The van der Waals surface area contributed by atoms with Crippen LogP contribution in [0.1, 0.15) is 37.5 Å². The van der Waals surface area contributed by atoms with Crippen LogP contribution in [0.5, 0.6) is 0 Å². The van der Waals surface area contributed by atoms with Gasteiger partial charge in [0.05, 0.1) is 9.85 Å². The Bertz CT molecular complexity index is 492. The summed E-state index contributed by atoms with van der Waals surface area (Å²) in [7, 11) is 0. The lowest BCUT2D eigenvalue weighted by Crippen LogP contribution is -2.18. The van der Waals surface area contributed by atoms with E-state index in [2.05, 4.69) is 0 Å². The summed E-state index contributed by atoms with van der Waals surface area (Å²) in [6.45, 7) is 8.41. The zero-order valence-electron chi connectivity index (χ0n) is 11.1. The van der Waals surface area contributed by atoms with E-state index in [0.717, 1.165) is 0 Å². The fraction of sp³-hybridized carbons (Fsp3) is 0.500. The minimum Gasteiger partial charge on any atom is -0.258 e. The molecule has 18 heavy (non-hydrogen) atoms. The lowest BCUT2D eigenvalue weighted by atomic mass is 9.82. The predicted octanol–water partition coefficient (Wildman–Crippen LogP) is 3.42. The Morgan fingerprint density at radius 2 is 1.28 bits per heavy atom. The van der Waals surface area contributed by atoms with Gasteiger partial charge in [-0.25, -0.2) is 0 Å². The van der Waals surface area contributed by atoms with Gasteiger partial charge in [0, 0.05) is 16.5 Å². The second-order valence-corrected chi connectivity index (χ2v) is 5.35. The van der Waals surface area contributed by atoms with E-state index >= 15 is 0 Å². The van der Waals surface area contributed by atoms with Crippen LogP contribution < -0.4 is 0 Å². The highest BCUT2D eigenvalue weighted by Crippen LogP contribution is 2.42. The third-order valence-corrected chi connectivity index (χ3v) is 2.77. The molecule has 0 amide bonds. The van der Waals surface area contributed by atoms with Gasteiger partial charge in [-0.3, -0.25) is 20.2 Å². The number of hydrogen-bond acceptors (Lipinski definition) is 4. The molecule has 0 saturated carbocycles. The van der Waals surface area contributed by atoms with Crippen LogP contribution in [-0.4, -0.2) is 9.85 Å². The largest absolute Gasteiger partial charge is 0.282 e. The third kappa shape index (κ3) is 2.32. The molecule has 0 heterocycles. The molecule has 0 fully saturated rings. The standard InChI is InChI=1S/C12H16N2O4/c1-7-6-8(2)11(14(17)18)9(12(3,4)5)10(7)13(15)16/h6H,1-5H3. The van der Waals surface area contributed by atoms with Crippen molar-refractivity contribution >= 4 is 11.4 Å². The topological polar surface area (TPSA) is 86.3 Å². The average molecular weight is 252 g/mol. The molecule has 1 aromatic rings. The average Bonchev–Trinajstić information content (AvgIpc) is 2.13. The number of benzene rings is 1. The normalized spacial score (nSPS) is 11.4. The first-order valence-electron chi connectivity index (χ1n) is 5.50. The Kier molecular flexibility index (Phi) is 3.41. The van der Waals surface area contributed by atoms with Crippen molar-refractivity contribution in [1.29, 1.82) is 0 Å². The van der Waals surface area contributed by atoms with E-state index < -0.39 is 15.3 Å². The quantitative estimate of drug-likeness (QED) is 0.596. The molecule has 6 nitrogen and oxygen atoms in total. The number of nitrogens with zero attached hydrogens (tertiary/aromatic N) is 2. The van der Waals surface area contributed by atoms with Gasteiger partial charge in [-0.15, -0.1) is 0 Å². The van der Waals surface area contributed by atoms with Crippen LogP contribution >= 0.6 is 0 Å². The number of nitro benzene ring substituents is 2. The number of rotatable bonds is 2. The minimum atomic E-state index is -0.665. The van der Waals surface area contributed by atoms with E-state index in [1.165, 1.54) is 6.07 Å². The molecule has 1 rings (SSSR count). The van der Waals surface area contributed by atoms with Crippen LogP contribution in [0.15, 0.2) is 6.07 Å². The first-order valence-corrected chi connectivity index (χ1v) is 5.50. The number of hydrogen-bond donors (Lipinski definition) is 0. The van der Waals surface area contributed by atoms with Crippen molar-refractivity contribution in [2.75, 3.05) is 0 Å². The van der Waals surface area contributed by atoms with Gasteiger partial charge in [-0.1, -0.05) is 20.8 Å². The van der Waals surface area contributed by atoms with E-state index in [1.54, 1.807) is 34.6 Å². The number of nitro groups is 2. The van der Waals surface area contributed by atoms with Crippen molar-refractivity contribution < 1.29 is 9.85 Å².